The predicted octanol–water partition coefficient (Wildman–Crippen LogP) is 3.98. The molecule has 1 fully saturated rings. The van der Waals surface area contributed by atoms with Crippen molar-refractivity contribution in [2.75, 3.05) is 25.1 Å². The molecule has 160 valence electrons. The number of fused-ring (bicyclic) bond motifs is 1. The summed E-state index contributed by atoms with van der Waals surface area (Å²) < 4.78 is 16.7. The molecular weight excluding hydrogens is 420 g/mol. The van der Waals surface area contributed by atoms with Crippen molar-refractivity contribution in [1.29, 1.82) is 5.26 Å². The van der Waals surface area contributed by atoms with Crippen molar-refractivity contribution in [1.82, 2.24) is 0 Å². The van der Waals surface area contributed by atoms with Crippen LogP contribution < -0.4 is 14.8 Å². The summed E-state index contributed by atoms with van der Waals surface area (Å²) in [6.07, 6.45) is 3.11. The van der Waals surface area contributed by atoms with Gasteiger partial charge in [0.25, 0.3) is 5.91 Å². The lowest BCUT2D eigenvalue weighted by molar-refractivity contribution is -0.153. The first-order valence-corrected chi connectivity index (χ1v) is 10.5. The molecule has 1 N–H and O–H groups in total. The van der Waals surface area contributed by atoms with E-state index in [4.69, 9.17) is 31.1 Å². The lowest BCUT2D eigenvalue weighted by Crippen LogP contribution is -2.36. The monoisotopic (exact) mass is 440 g/mol. The maximum atomic E-state index is 13.1. The van der Waals surface area contributed by atoms with Crippen LogP contribution in [0.1, 0.15) is 36.8 Å². The summed E-state index contributed by atoms with van der Waals surface area (Å²) >= 11 is 5.98. The fraction of sp³-hybridized carbons (Fsp3) is 0.348. The van der Waals surface area contributed by atoms with Crippen LogP contribution in [0.2, 0.25) is 5.02 Å². The van der Waals surface area contributed by atoms with Gasteiger partial charge in [0.2, 0.25) is 0 Å². The first-order valence-electron chi connectivity index (χ1n) is 10.1. The quantitative estimate of drug-likeness (QED) is 0.706. The molecule has 1 saturated carbocycles. The van der Waals surface area contributed by atoms with Gasteiger partial charge in [-0.3, -0.25) is 9.59 Å². The molecule has 0 aromatic heterocycles. The molecule has 0 saturated heterocycles. The van der Waals surface area contributed by atoms with Gasteiger partial charge in [0.1, 0.15) is 19.3 Å². The van der Waals surface area contributed by atoms with E-state index in [1.165, 1.54) is 12.1 Å². The fourth-order valence-corrected chi connectivity index (χ4v) is 4.30. The maximum Gasteiger partial charge on any atom is 0.317 e. The fourth-order valence-electron chi connectivity index (χ4n) is 4.08. The molecule has 0 atom stereocenters. The van der Waals surface area contributed by atoms with Crippen molar-refractivity contribution in [2.24, 2.45) is 0 Å². The molecule has 2 aliphatic rings. The summed E-state index contributed by atoms with van der Waals surface area (Å²) in [5.74, 6) is 0.384. The van der Waals surface area contributed by atoms with Gasteiger partial charge < -0.3 is 19.5 Å². The van der Waals surface area contributed by atoms with Gasteiger partial charge >= 0.3 is 5.97 Å². The number of nitriles is 1. The number of carbonyl (C=O) groups is 2. The van der Waals surface area contributed by atoms with Crippen LogP contribution in [0.4, 0.5) is 5.69 Å². The second-order valence-corrected chi connectivity index (χ2v) is 7.99. The molecule has 7 nitrogen and oxygen atoms in total. The summed E-state index contributed by atoms with van der Waals surface area (Å²) in [6.45, 7) is 0.551. The van der Waals surface area contributed by atoms with Gasteiger partial charge in [0.15, 0.2) is 18.1 Å². The van der Waals surface area contributed by atoms with Crippen LogP contribution in [0, 0.1) is 11.3 Å². The van der Waals surface area contributed by atoms with Crippen LogP contribution in [0.25, 0.3) is 0 Å². The molecule has 31 heavy (non-hydrogen) atoms. The van der Waals surface area contributed by atoms with Crippen LogP contribution in [0.15, 0.2) is 36.4 Å². The third-order valence-electron chi connectivity index (χ3n) is 5.65. The number of esters is 1. The van der Waals surface area contributed by atoms with Crippen LogP contribution >= 0.6 is 11.6 Å². The highest BCUT2D eigenvalue weighted by Gasteiger charge is 2.45. The lowest BCUT2D eigenvalue weighted by atomic mass is 9.78. The molecule has 2 aromatic rings. The number of halogens is 1. The lowest BCUT2D eigenvalue weighted by Gasteiger charge is -2.28. The average Bonchev–Trinajstić information content (AvgIpc) is 3.28. The zero-order valence-electron chi connectivity index (χ0n) is 16.8. The third kappa shape index (κ3) is 4.30. The molecule has 1 heterocycles. The predicted molar refractivity (Wildman–Crippen MR) is 113 cm³/mol. The molecule has 0 unspecified atom stereocenters. The number of rotatable bonds is 5. The Labute approximate surface area is 184 Å². The van der Waals surface area contributed by atoms with E-state index >= 15 is 0 Å². The maximum absolute atomic E-state index is 13.1. The zero-order valence-corrected chi connectivity index (χ0v) is 17.5. The SMILES string of the molecule is N#Cc1ccc(NC(=O)COC(=O)C2(c3ccc4c(c3)OCCO4)CCCC2)cc1Cl. The Hall–Kier alpha value is -3.24. The van der Waals surface area contributed by atoms with Crippen molar-refractivity contribution in [3.05, 3.63) is 52.5 Å². The number of benzene rings is 2. The highest BCUT2D eigenvalue weighted by molar-refractivity contribution is 6.32. The highest BCUT2D eigenvalue weighted by atomic mass is 35.5. The molecule has 0 radical (unpaired) electrons. The molecule has 4 rings (SSSR count). The Morgan fingerprint density at radius 3 is 2.55 bits per heavy atom. The largest absolute Gasteiger partial charge is 0.486 e. The van der Waals surface area contributed by atoms with Gasteiger partial charge in [0.05, 0.1) is 16.0 Å². The first kappa shape index (κ1) is 21.0. The van der Waals surface area contributed by atoms with E-state index in [0.717, 1.165) is 18.4 Å². The van der Waals surface area contributed by atoms with Crippen molar-refractivity contribution in [2.45, 2.75) is 31.1 Å². The first-order chi connectivity index (χ1) is 15.0. The van der Waals surface area contributed by atoms with Crippen molar-refractivity contribution >= 4 is 29.2 Å². The number of amides is 1. The molecule has 0 bridgehead atoms. The number of hydrogen-bond acceptors (Lipinski definition) is 6. The number of nitrogens with zero attached hydrogens (tertiary/aromatic N) is 1. The Balaban J connectivity index is 1.44. The van der Waals surface area contributed by atoms with Gasteiger partial charge in [0, 0.05) is 5.69 Å². The Bertz CT molecular complexity index is 1060. The van der Waals surface area contributed by atoms with Gasteiger partial charge in [-0.1, -0.05) is 30.5 Å². The van der Waals surface area contributed by atoms with Crippen LogP contribution in [-0.4, -0.2) is 31.7 Å². The molecule has 1 aliphatic heterocycles. The molecular formula is C23H21ClN2O5. The van der Waals surface area contributed by atoms with Gasteiger partial charge in [-0.15, -0.1) is 0 Å². The highest BCUT2D eigenvalue weighted by Crippen LogP contribution is 2.45. The van der Waals surface area contributed by atoms with E-state index < -0.39 is 23.9 Å². The summed E-state index contributed by atoms with van der Waals surface area (Å²) in [4.78, 5) is 25.4. The minimum absolute atomic E-state index is 0.237. The third-order valence-corrected chi connectivity index (χ3v) is 5.96. The van der Waals surface area contributed by atoms with E-state index in [-0.39, 0.29) is 5.02 Å². The van der Waals surface area contributed by atoms with Crippen molar-refractivity contribution in [3.8, 4) is 17.6 Å². The summed E-state index contributed by atoms with van der Waals surface area (Å²) in [5.41, 5.74) is 0.758. The Morgan fingerprint density at radius 1 is 1.10 bits per heavy atom. The van der Waals surface area contributed by atoms with Gasteiger partial charge in [-0.2, -0.15) is 5.26 Å². The Kier molecular flexibility index (Phi) is 6.01. The van der Waals surface area contributed by atoms with E-state index in [1.807, 2.05) is 24.3 Å². The number of carbonyl (C=O) groups excluding carboxylic acids is 2. The van der Waals surface area contributed by atoms with Crippen molar-refractivity contribution < 1.29 is 23.8 Å². The van der Waals surface area contributed by atoms with Crippen LogP contribution in [0.5, 0.6) is 11.5 Å². The molecule has 2 aromatic carbocycles. The number of hydrogen-bond donors (Lipinski definition) is 1. The smallest absolute Gasteiger partial charge is 0.317 e. The van der Waals surface area contributed by atoms with E-state index in [2.05, 4.69) is 5.32 Å². The summed E-state index contributed by atoms with van der Waals surface area (Å²) in [5, 5.41) is 11.8. The summed E-state index contributed by atoms with van der Waals surface area (Å²) in [6, 6.07) is 12.1. The number of ether oxygens (including phenoxy) is 3. The van der Waals surface area contributed by atoms with Crippen molar-refractivity contribution in [3.63, 3.8) is 0 Å². The van der Waals surface area contributed by atoms with E-state index in [1.54, 1.807) is 6.07 Å². The molecule has 0 spiro atoms. The van der Waals surface area contributed by atoms with E-state index in [0.29, 0.717) is 48.8 Å². The number of nitrogens with one attached hydrogen (secondary N) is 1. The van der Waals surface area contributed by atoms with Crippen LogP contribution in [-0.2, 0) is 19.7 Å². The zero-order chi connectivity index (χ0) is 21.8. The van der Waals surface area contributed by atoms with Gasteiger partial charge in [-0.05, 0) is 48.7 Å². The topological polar surface area (TPSA) is 97.7 Å². The molecule has 1 amide bonds. The second kappa shape index (κ2) is 8.86. The van der Waals surface area contributed by atoms with Crippen LogP contribution in [0.3, 0.4) is 0 Å². The second-order valence-electron chi connectivity index (χ2n) is 7.58. The summed E-state index contributed by atoms with van der Waals surface area (Å²) in [7, 11) is 0. The normalized spacial score (nSPS) is 16.3. The minimum atomic E-state index is -0.798. The Morgan fingerprint density at radius 2 is 1.84 bits per heavy atom. The van der Waals surface area contributed by atoms with Gasteiger partial charge in [-0.25, -0.2) is 0 Å². The average molecular weight is 441 g/mol. The number of anilines is 1. The van der Waals surface area contributed by atoms with E-state index in [9.17, 15) is 9.59 Å². The molecule has 1 aliphatic carbocycles. The minimum Gasteiger partial charge on any atom is -0.486 e. The molecule has 8 heteroatoms. The standard InChI is InChI=1S/C23H21ClN2O5/c24-18-12-17(5-3-15(18)13-25)26-21(27)14-31-22(28)23(7-1-2-8-23)16-4-6-19-20(11-16)30-10-9-29-19/h3-6,11-12H,1-2,7-10,14H2,(H,26,27).